The molecule has 2 aliphatic rings. The van der Waals surface area contributed by atoms with Gasteiger partial charge in [0.1, 0.15) is 13.2 Å². The first kappa shape index (κ1) is 16.4. The molecule has 0 aliphatic carbocycles. The smallest absolute Gasteiger partial charge is 0.227 e. The molecule has 3 rings (SSSR count). The minimum atomic E-state index is -0.532. The average molecular weight is 341 g/mol. The summed E-state index contributed by atoms with van der Waals surface area (Å²) in [5.74, 6) is 1.15. The van der Waals surface area contributed by atoms with E-state index in [1.54, 1.807) is 6.07 Å². The minimum absolute atomic E-state index is 0.0330. The van der Waals surface area contributed by atoms with Crippen molar-refractivity contribution in [2.45, 2.75) is 19.4 Å². The van der Waals surface area contributed by atoms with Crippen molar-refractivity contribution in [1.82, 2.24) is 5.32 Å². The molecular formula is C16H21ClN2O4. The van der Waals surface area contributed by atoms with E-state index in [2.05, 4.69) is 5.32 Å². The Kier molecular flexibility index (Phi) is 4.94. The summed E-state index contributed by atoms with van der Waals surface area (Å²) < 4.78 is 16.4. The number of carbonyl (C=O) groups is 1. The van der Waals surface area contributed by atoms with Gasteiger partial charge in [-0.15, -0.1) is 0 Å². The molecule has 1 fully saturated rings. The van der Waals surface area contributed by atoms with Crippen LogP contribution in [0.15, 0.2) is 12.1 Å². The summed E-state index contributed by atoms with van der Waals surface area (Å²) in [5, 5.41) is 3.46. The van der Waals surface area contributed by atoms with E-state index >= 15 is 0 Å². The summed E-state index contributed by atoms with van der Waals surface area (Å²) in [6.07, 6.45) is 1.30. The third-order valence-electron chi connectivity index (χ3n) is 4.43. The largest absolute Gasteiger partial charge is 0.486 e. The Morgan fingerprint density at radius 3 is 2.70 bits per heavy atom. The van der Waals surface area contributed by atoms with Crippen LogP contribution < -0.4 is 20.5 Å². The number of hydrogen-bond acceptors (Lipinski definition) is 5. The molecule has 7 heteroatoms. The van der Waals surface area contributed by atoms with Crippen molar-refractivity contribution in [2.24, 2.45) is 11.1 Å². The lowest BCUT2D eigenvalue weighted by Crippen LogP contribution is -2.48. The van der Waals surface area contributed by atoms with Gasteiger partial charge in [-0.2, -0.15) is 0 Å². The molecule has 1 saturated heterocycles. The number of nitrogens with one attached hydrogen (secondary N) is 1. The van der Waals surface area contributed by atoms with Crippen molar-refractivity contribution in [1.29, 1.82) is 0 Å². The molecule has 0 radical (unpaired) electrons. The molecule has 2 aliphatic heterocycles. The van der Waals surface area contributed by atoms with Crippen LogP contribution in [0.1, 0.15) is 18.4 Å². The van der Waals surface area contributed by atoms with Crippen molar-refractivity contribution < 1.29 is 19.0 Å². The number of fused-ring (bicyclic) bond motifs is 1. The zero-order valence-electron chi connectivity index (χ0n) is 12.9. The standard InChI is InChI=1S/C16H21ClN2O4/c17-12-7-11(8-13-14(12)23-6-5-22-13)9-19-15(20)16(10-18)1-3-21-4-2-16/h7-8H,1-6,9-10,18H2,(H,19,20). The van der Waals surface area contributed by atoms with Crippen molar-refractivity contribution in [2.75, 3.05) is 33.0 Å². The highest BCUT2D eigenvalue weighted by molar-refractivity contribution is 6.32. The molecule has 6 nitrogen and oxygen atoms in total. The second kappa shape index (κ2) is 6.95. The van der Waals surface area contributed by atoms with Crippen LogP contribution >= 0.6 is 11.6 Å². The molecular weight excluding hydrogens is 320 g/mol. The number of ether oxygens (including phenoxy) is 3. The van der Waals surface area contributed by atoms with Gasteiger partial charge in [-0.1, -0.05) is 11.6 Å². The first-order valence-corrected chi connectivity index (χ1v) is 8.16. The van der Waals surface area contributed by atoms with Gasteiger partial charge in [0.15, 0.2) is 11.5 Å². The van der Waals surface area contributed by atoms with E-state index in [-0.39, 0.29) is 5.91 Å². The molecule has 0 spiro atoms. The minimum Gasteiger partial charge on any atom is -0.486 e. The van der Waals surface area contributed by atoms with Crippen LogP contribution in [0.25, 0.3) is 0 Å². The average Bonchev–Trinajstić information content (AvgIpc) is 2.60. The van der Waals surface area contributed by atoms with E-state index in [9.17, 15) is 4.79 Å². The van der Waals surface area contributed by atoms with Gasteiger partial charge < -0.3 is 25.3 Å². The molecule has 1 aromatic rings. The van der Waals surface area contributed by atoms with Gasteiger partial charge >= 0.3 is 0 Å². The quantitative estimate of drug-likeness (QED) is 0.867. The Balaban J connectivity index is 1.68. The molecule has 23 heavy (non-hydrogen) atoms. The third kappa shape index (κ3) is 3.39. The summed E-state index contributed by atoms with van der Waals surface area (Å²) >= 11 is 6.21. The van der Waals surface area contributed by atoms with Gasteiger partial charge in [0.05, 0.1) is 10.4 Å². The van der Waals surface area contributed by atoms with Crippen LogP contribution in [0.4, 0.5) is 0 Å². The molecule has 0 unspecified atom stereocenters. The van der Waals surface area contributed by atoms with Crippen LogP contribution in [-0.2, 0) is 16.1 Å². The zero-order chi connectivity index (χ0) is 16.3. The van der Waals surface area contributed by atoms with Crippen LogP contribution in [0.5, 0.6) is 11.5 Å². The van der Waals surface area contributed by atoms with Gasteiger partial charge in [-0.3, -0.25) is 4.79 Å². The summed E-state index contributed by atoms with van der Waals surface area (Å²) in [4.78, 5) is 12.6. The fourth-order valence-corrected chi connectivity index (χ4v) is 3.21. The maximum atomic E-state index is 12.6. The number of nitrogens with two attached hydrogens (primary N) is 1. The highest BCUT2D eigenvalue weighted by Gasteiger charge is 2.38. The Labute approximate surface area is 140 Å². The van der Waals surface area contributed by atoms with E-state index in [1.807, 2.05) is 6.07 Å². The second-order valence-electron chi connectivity index (χ2n) is 5.88. The van der Waals surface area contributed by atoms with Gasteiger partial charge in [-0.25, -0.2) is 0 Å². The fourth-order valence-electron chi connectivity index (χ4n) is 2.92. The lowest BCUT2D eigenvalue weighted by molar-refractivity contribution is -0.136. The van der Waals surface area contributed by atoms with Crippen LogP contribution in [-0.4, -0.2) is 38.9 Å². The SMILES string of the molecule is NCC1(C(=O)NCc2cc(Cl)c3c(c2)OCCO3)CCOCC1. The van der Waals surface area contributed by atoms with Crippen molar-refractivity contribution in [3.8, 4) is 11.5 Å². The molecule has 0 bridgehead atoms. The predicted molar refractivity (Wildman–Crippen MR) is 85.8 cm³/mol. The molecule has 0 atom stereocenters. The summed E-state index contributed by atoms with van der Waals surface area (Å²) in [6, 6.07) is 3.63. The van der Waals surface area contributed by atoms with Crippen LogP contribution in [0.2, 0.25) is 5.02 Å². The zero-order valence-corrected chi connectivity index (χ0v) is 13.7. The van der Waals surface area contributed by atoms with Gasteiger partial charge in [0.2, 0.25) is 5.91 Å². The molecule has 1 aromatic carbocycles. The van der Waals surface area contributed by atoms with Crippen molar-refractivity contribution in [3.63, 3.8) is 0 Å². The van der Waals surface area contributed by atoms with Crippen molar-refractivity contribution >= 4 is 17.5 Å². The molecule has 1 amide bonds. The number of carbonyl (C=O) groups excluding carboxylic acids is 1. The van der Waals surface area contributed by atoms with E-state index in [4.69, 9.17) is 31.5 Å². The van der Waals surface area contributed by atoms with Crippen LogP contribution in [0.3, 0.4) is 0 Å². The van der Waals surface area contributed by atoms with Gasteiger partial charge in [-0.05, 0) is 30.5 Å². The monoisotopic (exact) mass is 340 g/mol. The highest BCUT2D eigenvalue weighted by atomic mass is 35.5. The Morgan fingerprint density at radius 2 is 1.96 bits per heavy atom. The second-order valence-corrected chi connectivity index (χ2v) is 6.29. The topological polar surface area (TPSA) is 82.8 Å². The number of benzene rings is 1. The molecule has 3 N–H and O–H groups in total. The lowest BCUT2D eigenvalue weighted by atomic mass is 9.79. The third-order valence-corrected chi connectivity index (χ3v) is 4.71. The van der Waals surface area contributed by atoms with E-state index in [0.29, 0.717) is 68.9 Å². The number of rotatable bonds is 4. The van der Waals surface area contributed by atoms with Crippen molar-refractivity contribution in [3.05, 3.63) is 22.7 Å². The van der Waals surface area contributed by atoms with Gasteiger partial charge in [0.25, 0.3) is 0 Å². The van der Waals surface area contributed by atoms with E-state index < -0.39 is 5.41 Å². The predicted octanol–water partition coefficient (Wildman–Crippen LogP) is 1.48. The number of hydrogen-bond donors (Lipinski definition) is 2. The number of amides is 1. The molecule has 2 heterocycles. The normalized spacial score (nSPS) is 19.2. The Hall–Kier alpha value is -1.50. The van der Waals surface area contributed by atoms with E-state index in [1.165, 1.54) is 0 Å². The summed E-state index contributed by atoms with van der Waals surface area (Å²) in [7, 11) is 0. The molecule has 0 saturated carbocycles. The van der Waals surface area contributed by atoms with Crippen LogP contribution in [0, 0.1) is 5.41 Å². The maximum absolute atomic E-state index is 12.6. The molecule has 0 aromatic heterocycles. The first-order chi connectivity index (χ1) is 11.1. The Bertz CT molecular complexity index is 588. The molecule has 126 valence electrons. The fraction of sp³-hybridized carbons (Fsp3) is 0.562. The van der Waals surface area contributed by atoms with Gasteiger partial charge in [0, 0.05) is 26.3 Å². The highest BCUT2D eigenvalue weighted by Crippen LogP contribution is 2.38. The summed E-state index contributed by atoms with van der Waals surface area (Å²) in [6.45, 7) is 2.82. The maximum Gasteiger partial charge on any atom is 0.227 e. The Morgan fingerprint density at radius 1 is 1.22 bits per heavy atom. The summed E-state index contributed by atoms with van der Waals surface area (Å²) in [5.41, 5.74) is 6.18. The first-order valence-electron chi connectivity index (χ1n) is 7.79. The number of halogens is 1. The lowest BCUT2D eigenvalue weighted by Gasteiger charge is -2.34. The van der Waals surface area contributed by atoms with E-state index in [0.717, 1.165) is 5.56 Å².